The third-order valence-corrected chi connectivity index (χ3v) is 3.36. The van der Waals surface area contributed by atoms with Crippen molar-refractivity contribution >= 4 is 29.9 Å². The number of hydrogen-bond donors (Lipinski definition) is 1. The highest BCUT2D eigenvalue weighted by Crippen LogP contribution is 2.16. The number of carbonyl (C=O) groups is 1. The van der Waals surface area contributed by atoms with Crippen molar-refractivity contribution in [2.24, 2.45) is 0 Å². The zero-order valence-electron chi connectivity index (χ0n) is 10.2. The van der Waals surface area contributed by atoms with E-state index in [1.807, 2.05) is 29.2 Å². The van der Waals surface area contributed by atoms with E-state index in [4.69, 9.17) is 11.6 Å². The maximum absolute atomic E-state index is 12.1. The largest absolute Gasteiger partial charge is 0.341 e. The Morgan fingerprint density at radius 3 is 2.83 bits per heavy atom. The van der Waals surface area contributed by atoms with Crippen LogP contribution in [0.5, 0.6) is 0 Å². The third kappa shape index (κ3) is 4.16. The minimum atomic E-state index is 0. The van der Waals surface area contributed by atoms with Gasteiger partial charge in [0.25, 0.3) is 0 Å². The Hall–Kier alpha value is -0.770. The van der Waals surface area contributed by atoms with Crippen molar-refractivity contribution in [2.75, 3.05) is 26.2 Å². The van der Waals surface area contributed by atoms with Crippen LogP contribution >= 0.6 is 24.0 Å². The quantitative estimate of drug-likeness (QED) is 0.904. The molecule has 0 bridgehead atoms. The van der Waals surface area contributed by atoms with Crippen molar-refractivity contribution in [3.8, 4) is 0 Å². The fourth-order valence-electron chi connectivity index (χ4n) is 2.01. The summed E-state index contributed by atoms with van der Waals surface area (Å²) in [5.74, 6) is 0.168. The molecule has 0 spiro atoms. The monoisotopic (exact) mass is 288 g/mol. The molecule has 0 unspecified atom stereocenters. The fraction of sp³-hybridized carbons (Fsp3) is 0.462. The second-order valence-electron chi connectivity index (χ2n) is 4.25. The molecule has 1 aliphatic rings. The van der Waals surface area contributed by atoms with Crippen LogP contribution in [0.15, 0.2) is 24.3 Å². The number of hydrogen-bond acceptors (Lipinski definition) is 2. The van der Waals surface area contributed by atoms with Gasteiger partial charge in [-0.25, -0.2) is 0 Å². The summed E-state index contributed by atoms with van der Waals surface area (Å²) in [6.45, 7) is 3.52. The summed E-state index contributed by atoms with van der Waals surface area (Å²) in [7, 11) is 0. The van der Waals surface area contributed by atoms with Crippen molar-refractivity contribution < 1.29 is 4.79 Å². The first-order valence-electron chi connectivity index (χ1n) is 5.99. The molecule has 0 atom stereocenters. The van der Waals surface area contributed by atoms with E-state index in [0.717, 1.165) is 38.2 Å². The summed E-state index contributed by atoms with van der Waals surface area (Å²) in [6.07, 6.45) is 1.42. The number of carbonyl (C=O) groups excluding carboxylic acids is 1. The maximum atomic E-state index is 12.1. The average Bonchev–Trinajstić information content (AvgIpc) is 2.61. The fourth-order valence-corrected chi connectivity index (χ4v) is 2.21. The summed E-state index contributed by atoms with van der Waals surface area (Å²) < 4.78 is 0. The summed E-state index contributed by atoms with van der Waals surface area (Å²) in [4.78, 5) is 14.0. The summed E-state index contributed by atoms with van der Waals surface area (Å²) in [6, 6.07) is 7.54. The van der Waals surface area contributed by atoms with Gasteiger partial charge in [0.15, 0.2) is 0 Å². The van der Waals surface area contributed by atoms with Gasteiger partial charge in [0.05, 0.1) is 6.42 Å². The molecule has 100 valence electrons. The third-order valence-electron chi connectivity index (χ3n) is 2.99. The van der Waals surface area contributed by atoms with Crippen LogP contribution in [0, 0.1) is 0 Å². The van der Waals surface area contributed by atoms with Crippen molar-refractivity contribution in [3.63, 3.8) is 0 Å². The molecule has 1 aliphatic heterocycles. The predicted molar refractivity (Wildman–Crippen MR) is 76.5 cm³/mol. The van der Waals surface area contributed by atoms with Gasteiger partial charge in [-0.1, -0.05) is 29.8 Å². The lowest BCUT2D eigenvalue weighted by molar-refractivity contribution is -0.130. The van der Waals surface area contributed by atoms with Crippen LogP contribution in [0.2, 0.25) is 5.02 Å². The molecular weight excluding hydrogens is 271 g/mol. The van der Waals surface area contributed by atoms with E-state index in [-0.39, 0.29) is 18.3 Å². The zero-order valence-corrected chi connectivity index (χ0v) is 11.8. The second-order valence-corrected chi connectivity index (χ2v) is 4.66. The number of halogens is 2. The molecule has 2 rings (SSSR count). The highest BCUT2D eigenvalue weighted by Gasteiger charge is 2.16. The lowest BCUT2D eigenvalue weighted by atomic mass is 10.1. The molecule has 1 amide bonds. The van der Waals surface area contributed by atoms with Gasteiger partial charge in [0.1, 0.15) is 0 Å². The van der Waals surface area contributed by atoms with Gasteiger partial charge in [0.2, 0.25) is 5.91 Å². The van der Waals surface area contributed by atoms with Gasteiger partial charge in [-0.15, -0.1) is 12.4 Å². The molecular formula is C13H18Cl2N2O. The van der Waals surface area contributed by atoms with Gasteiger partial charge in [-0.3, -0.25) is 4.79 Å². The zero-order chi connectivity index (χ0) is 12.1. The Balaban J connectivity index is 0.00000162. The lowest BCUT2D eigenvalue weighted by Gasteiger charge is -2.20. The Morgan fingerprint density at radius 2 is 2.06 bits per heavy atom. The summed E-state index contributed by atoms with van der Waals surface area (Å²) >= 11 is 6.06. The van der Waals surface area contributed by atoms with Crippen LogP contribution in [0.1, 0.15) is 12.0 Å². The normalized spacial score (nSPS) is 15.7. The first kappa shape index (κ1) is 15.3. The number of rotatable bonds is 2. The molecule has 1 aromatic rings. The first-order chi connectivity index (χ1) is 8.27. The summed E-state index contributed by atoms with van der Waals surface area (Å²) in [5, 5.41) is 3.96. The van der Waals surface area contributed by atoms with E-state index in [2.05, 4.69) is 5.32 Å². The minimum Gasteiger partial charge on any atom is -0.341 e. The molecule has 1 fully saturated rings. The number of amides is 1. The second kappa shape index (κ2) is 7.62. The smallest absolute Gasteiger partial charge is 0.227 e. The number of benzene rings is 1. The van der Waals surface area contributed by atoms with E-state index in [1.165, 1.54) is 0 Å². The predicted octanol–water partition coefficient (Wildman–Crippen LogP) is 2.13. The van der Waals surface area contributed by atoms with E-state index >= 15 is 0 Å². The molecule has 0 saturated carbocycles. The van der Waals surface area contributed by atoms with Crippen LogP contribution in [0.4, 0.5) is 0 Å². The molecule has 18 heavy (non-hydrogen) atoms. The lowest BCUT2D eigenvalue weighted by Crippen LogP contribution is -2.35. The molecule has 1 saturated heterocycles. The van der Waals surface area contributed by atoms with Gasteiger partial charge in [0, 0.05) is 24.7 Å². The molecule has 5 heteroatoms. The minimum absolute atomic E-state index is 0. The van der Waals surface area contributed by atoms with Crippen LogP contribution in [0.25, 0.3) is 0 Å². The van der Waals surface area contributed by atoms with E-state index in [0.29, 0.717) is 11.4 Å². The van der Waals surface area contributed by atoms with Crippen LogP contribution < -0.4 is 5.32 Å². The first-order valence-corrected chi connectivity index (χ1v) is 6.37. The van der Waals surface area contributed by atoms with Crippen LogP contribution in [-0.4, -0.2) is 37.0 Å². The highest BCUT2D eigenvalue weighted by atomic mass is 35.5. The molecule has 0 aliphatic carbocycles. The standard InChI is InChI=1S/C13H17ClN2O.ClH/c14-12-5-2-1-4-11(12)10-13(17)16-8-3-6-15-7-9-16;/h1-2,4-5,15H,3,6-10H2;1H. The van der Waals surface area contributed by atoms with E-state index < -0.39 is 0 Å². The van der Waals surface area contributed by atoms with Gasteiger partial charge in [-0.2, -0.15) is 0 Å². The Labute approximate surface area is 119 Å². The Bertz CT molecular complexity index is 390. The van der Waals surface area contributed by atoms with Gasteiger partial charge in [-0.05, 0) is 24.6 Å². The van der Waals surface area contributed by atoms with Crippen molar-refractivity contribution in [2.45, 2.75) is 12.8 Å². The average molecular weight is 289 g/mol. The van der Waals surface area contributed by atoms with Crippen LogP contribution in [-0.2, 0) is 11.2 Å². The molecule has 1 aromatic carbocycles. The molecule has 0 aromatic heterocycles. The summed E-state index contributed by atoms with van der Waals surface area (Å²) in [5.41, 5.74) is 0.913. The Kier molecular flexibility index (Phi) is 6.47. The van der Waals surface area contributed by atoms with Crippen molar-refractivity contribution in [1.82, 2.24) is 10.2 Å². The van der Waals surface area contributed by atoms with Gasteiger partial charge < -0.3 is 10.2 Å². The maximum Gasteiger partial charge on any atom is 0.227 e. The number of nitrogens with one attached hydrogen (secondary N) is 1. The van der Waals surface area contributed by atoms with E-state index in [1.54, 1.807) is 0 Å². The molecule has 1 heterocycles. The molecule has 0 radical (unpaired) electrons. The molecule has 3 nitrogen and oxygen atoms in total. The van der Waals surface area contributed by atoms with Crippen molar-refractivity contribution in [3.05, 3.63) is 34.9 Å². The van der Waals surface area contributed by atoms with Gasteiger partial charge >= 0.3 is 0 Å². The molecule has 1 N–H and O–H groups in total. The van der Waals surface area contributed by atoms with E-state index in [9.17, 15) is 4.79 Å². The highest BCUT2D eigenvalue weighted by molar-refractivity contribution is 6.31. The van der Waals surface area contributed by atoms with Crippen LogP contribution in [0.3, 0.4) is 0 Å². The topological polar surface area (TPSA) is 32.3 Å². The van der Waals surface area contributed by atoms with Crippen molar-refractivity contribution in [1.29, 1.82) is 0 Å². The Morgan fingerprint density at radius 1 is 1.28 bits per heavy atom. The number of nitrogens with zero attached hydrogens (tertiary/aromatic N) is 1. The SMILES string of the molecule is Cl.O=C(Cc1ccccc1Cl)N1CCCNCC1.